The number of quaternary nitrogens is 1. The zero-order valence-corrected chi connectivity index (χ0v) is 18.8. The van der Waals surface area contributed by atoms with E-state index in [2.05, 4.69) is 30.4 Å². The molecule has 1 aliphatic rings. The fourth-order valence-electron chi connectivity index (χ4n) is 4.06. The van der Waals surface area contributed by atoms with Gasteiger partial charge in [-0.15, -0.1) is 11.3 Å². The fraction of sp³-hybridized carbons (Fsp3) is 0.320. The van der Waals surface area contributed by atoms with Gasteiger partial charge in [0.25, 0.3) is 5.91 Å². The average Bonchev–Trinajstić information content (AvgIpc) is 3.23. The van der Waals surface area contributed by atoms with Crippen LogP contribution in [0.1, 0.15) is 39.3 Å². The van der Waals surface area contributed by atoms with Crippen molar-refractivity contribution >= 4 is 22.2 Å². The van der Waals surface area contributed by atoms with E-state index in [9.17, 15) is 4.79 Å². The minimum Gasteiger partial charge on any atom is -0.497 e. The topological polar surface area (TPSA) is 52.0 Å². The molecule has 3 aromatic rings. The molecule has 1 aliphatic heterocycles. The van der Waals surface area contributed by atoms with Gasteiger partial charge in [0, 0.05) is 21.6 Å². The third-order valence-corrected chi connectivity index (χ3v) is 6.94. The van der Waals surface area contributed by atoms with Gasteiger partial charge in [-0.1, -0.05) is 25.1 Å². The van der Waals surface area contributed by atoms with Crippen molar-refractivity contribution in [2.75, 3.05) is 38.7 Å². The molecule has 31 heavy (non-hydrogen) atoms. The summed E-state index contributed by atoms with van der Waals surface area (Å²) in [6.07, 6.45) is 0.937. The first-order valence-electron chi connectivity index (χ1n) is 10.7. The van der Waals surface area contributed by atoms with E-state index in [4.69, 9.17) is 9.47 Å². The number of hydrogen-bond donors (Lipinski definition) is 2. The Labute approximate surface area is 187 Å². The maximum atomic E-state index is 12.9. The van der Waals surface area contributed by atoms with Crippen molar-refractivity contribution in [2.45, 2.75) is 19.4 Å². The smallest absolute Gasteiger partial charge is 0.256 e. The van der Waals surface area contributed by atoms with Crippen LogP contribution in [0, 0.1) is 0 Å². The monoisotopic (exact) mass is 437 g/mol. The van der Waals surface area contributed by atoms with Gasteiger partial charge in [-0.05, 0) is 48.9 Å². The Hall–Kier alpha value is -2.67. The molecule has 1 atom stereocenters. The van der Waals surface area contributed by atoms with E-state index >= 15 is 0 Å². The standard InChI is InChI=1S/C25H28N2O3S/c1-3-21-17-22(25(31-21)26-24(28)19-7-5-4-6-8-19)23(27-13-15-30-16-14-27)18-9-11-20(29-2)12-10-18/h4-12,17,23H,3,13-16H2,1-2H3,(H,26,28)/p+1/t23-/m1/s1. The minimum atomic E-state index is -0.0724. The van der Waals surface area contributed by atoms with Gasteiger partial charge in [0.05, 0.1) is 20.3 Å². The summed E-state index contributed by atoms with van der Waals surface area (Å²) in [7, 11) is 1.68. The lowest BCUT2D eigenvalue weighted by atomic mass is 9.97. The van der Waals surface area contributed by atoms with Crippen molar-refractivity contribution in [2.24, 2.45) is 0 Å². The highest BCUT2D eigenvalue weighted by atomic mass is 32.1. The maximum Gasteiger partial charge on any atom is 0.256 e. The Morgan fingerprint density at radius 2 is 1.84 bits per heavy atom. The second kappa shape index (κ2) is 10.1. The van der Waals surface area contributed by atoms with Crippen molar-refractivity contribution in [3.8, 4) is 5.75 Å². The molecule has 2 heterocycles. The summed E-state index contributed by atoms with van der Waals surface area (Å²) < 4.78 is 11.0. The number of amides is 1. The van der Waals surface area contributed by atoms with Gasteiger partial charge in [-0.3, -0.25) is 4.79 Å². The lowest BCUT2D eigenvalue weighted by Gasteiger charge is -2.32. The summed E-state index contributed by atoms with van der Waals surface area (Å²) in [6, 6.07) is 20.1. The Morgan fingerprint density at radius 3 is 2.48 bits per heavy atom. The molecule has 0 aliphatic carbocycles. The third-order valence-electron chi connectivity index (χ3n) is 5.73. The molecule has 0 spiro atoms. The molecule has 2 aromatic carbocycles. The van der Waals surface area contributed by atoms with E-state index in [0.717, 1.165) is 43.5 Å². The molecule has 1 aromatic heterocycles. The van der Waals surface area contributed by atoms with Crippen LogP contribution in [-0.2, 0) is 11.2 Å². The van der Waals surface area contributed by atoms with E-state index in [0.29, 0.717) is 5.56 Å². The Kier molecular flexibility index (Phi) is 7.02. The second-order valence-corrected chi connectivity index (χ2v) is 8.78. The van der Waals surface area contributed by atoms with Gasteiger partial charge in [-0.2, -0.15) is 0 Å². The highest BCUT2D eigenvalue weighted by Crippen LogP contribution is 2.35. The number of methoxy groups -OCH3 is 1. The summed E-state index contributed by atoms with van der Waals surface area (Å²) in [4.78, 5) is 15.7. The average molecular weight is 438 g/mol. The molecule has 0 saturated carbocycles. The number of aryl methyl sites for hydroxylation is 1. The Balaban J connectivity index is 1.72. The molecule has 1 fully saturated rings. The van der Waals surface area contributed by atoms with Crippen LogP contribution in [0.5, 0.6) is 5.75 Å². The van der Waals surface area contributed by atoms with Crippen molar-refractivity contribution in [3.63, 3.8) is 0 Å². The first kappa shape index (κ1) is 21.6. The zero-order valence-electron chi connectivity index (χ0n) is 18.0. The van der Waals surface area contributed by atoms with E-state index in [-0.39, 0.29) is 11.9 Å². The van der Waals surface area contributed by atoms with E-state index < -0.39 is 0 Å². The summed E-state index contributed by atoms with van der Waals surface area (Å²) in [6.45, 7) is 5.51. The van der Waals surface area contributed by atoms with Crippen LogP contribution in [0.4, 0.5) is 5.00 Å². The first-order chi connectivity index (χ1) is 15.2. The number of rotatable bonds is 7. The van der Waals surface area contributed by atoms with E-state index in [1.807, 2.05) is 42.5 Å². The third kappa shape index (κ3) is 4.98. The highest BCUT2D eigenvalue weighted by molar-refractivity contribution is 7.16. The predicted octanol–water partition coefficient (Wildman–Crippen LogP) is 3.58. The number of anilines is 1. The fourth-order valence-corrected chi connectivity index (χ4v) is 5.09. The number of benzene rings is 2. The van der Waals surface area contributed by atoms with Crippen LogP contribution >= 0.6 is 11.3 Å². The molecule has 5 nitrogen and oxygen atoms in total. The Bertz CT molecular complexity index is 995. The van der Waals surface area contributed by atoms with Crippen molar-refractivity contribution in [1.82, 2.24) is 0 Å². The van der Waals surface area contributed by atoms with Crippen molar-refractivity contribution in [1.29, 1.82) is 0 Å². The molecule has 162 valence electrons. The minimum absolute atomic E-state index is 0.0724. The van der Waals surface area contributed by atoms with Gasteiger partial charge in [0.1, 0.15) is 29.9 Å². The molecular weight excluding hydrogens is 408 g/mol. The SMILES string of the molecule is CCc1cc([C@@H](c2ccc(OC)cc2)[NH+]2CCOCC2)c(NC(=O)c2ccccc2)s1. The number of ether oxygens (including phenoxy) is 2. The molecule has 0 bridgehead atoms. The number of hydrogen-bond acceptors (Lipinski definition) is 4. The normalized spacial score (nSPS) is 15.4. The molecule has 0 unspecified atom stereocenters. The molecular formula is C25H29N2O3S+. The summed E-state index contributed by atoms with van der Waals surface area (Å²) >= 11 is 1.68. The molecule has 0 radical (unpaired) electrons. The van der Waals surface area contributed by atoms with Crippen LogP contribution in [0.25, 0.3) is 0 Å². The quantitative estimate of drug-likeness (QED) is 0.594. The van der Waals surface area contributed by atoms with Crippen LogP contribution in [0.15, 0.2) is 60.7 Å². The van der Waals surface area contributed by atoms with Crippen LogP contribution < -0.4 is 15.0 Å². The molecule has 1 saturated heterocycles. The Morgan fingerprint density at radius 1 is 1.13 bits per heavy atom. The number of carbonyl (C=O) groups excluding carboxylic acids is 1. The van der Waals surface area contributed by atoms with E-state index in [1.54, 1.807) is 18.4 Å². The zero-order chi connectivity index (χ0) is 21.6. The predicted molar refractivity (Wildman–Crippen MR) is 124 cm³/mol. The maximum absolute atomic E-state index is 12.9. The molecule has 4 rings (SSSR count). The molecule has 6 heteroatoms. The summed E-state index contributed by atoms with van der Waals surface area (Å²) in [5, 5.41) is 4.14. The van der Waals surface area contributed by atoms with Gasteiger partial charge in [-0.25, -0.2) is 0 Å². The number of carbonyl (C=O) groups is 1. The lowest BCUT2D eigenvalue weighted by molar-refractivity contribution is -0.933. The van der Waals surface area contributed by atoms with Gasteiger partial charge in [0.15, 0.2) is 0 Å². The summed E-state index contributed by atoms with van der Waals surface area (Å²) in [5.41, 5.74) is 3.06. The highest BCUT2D eigenvalue weighted by Gasteiger charge is 2.32. The largest absolute Gasteiger partial charge is 0.497 e. The van der Waals surface area contributed by atoms with Crippen molar-refractivity contribution in [3.05, 3.63) is 82.2 Å². The van der Waals surface area contributed by atoms with Crippen LogP contribution in [-0.4, -0.2) is 39.3 Å². The lowest BCUT2D eigenvalue weighted by Crippen LogP contribution is -3.14. The number of morpholine rings is 1. The second-order valence-electron chi connectivity index (χ2n) is 7.65. The van der Waals surface area contributed by atoms with Crippen LogP contribution in [0.2, 0.25) is 0 Å². The number of thiophene rings is 1. The first-order valence-corrected chi connectivity index (χ1v) is 11.6. The van der Waals surface area contributed by atoms with E-state index in [1.165, 1.54) is 20.9 Å². The van der Waals surface area contributed by atoms with Gasteiger partial charge < -0.3 is 19.7 Å². The number of nitrogens with one attached hydrogen (secondary N) is 2. The summed E-state index contributed by atoms with van der Waals surface area (Å²) in [5.74, 6) is 0.772. The van der Waals surface area contributed by atoms with Gasteiger partial charge in [0.2, 0.25) is 0 Å². The molecule has 2 N–H and O–H groups in total. The van der Waals surface area contributed by atoms with Crippen LogP contribution in [0.3, 0.4) is 0 Å². The van der Waals surface area contributed by atoms with Crippen molar-refractivity contribution < 1.29 is 19.2 Å². The van der Waals surface area contributed by atoms with Gasteiger partial charge >= 0.3 is 0 Å². The molecule has 1 amide bonds.